The van der Waals surface area contributed by atoms with Crippen LogP contribution in [0.2, 0.25) is 0 Å². The van der Waals surface area contributed by atoms with Crippen LogP contribution in [-0.4, -0.2) is 16.9 Å². The fourth-order valence-electron chi connectivity index (χ4n) is 3.97. The summed E-state index contributed by atoms with van der Waals surface area (Å²) >= 11 is 5.30. The lowest BCUT2D eigenvalue weighted by Gasteiger charge is -2.13. The fraction of sp³-hybridized carbons (Fsp3) is 0.483. The summed E-state index contributed by atoms with van der Waals surface area (Å²) < 4.78 is 0. The molecule has 2 rings (SSSR count). The van der Waals surface area contributed by atoms with E-state index >= 15 is 0 Å². The molecule has 0 aliphatic rings. The van der Waals surface area contributed by atoms with E-state index in [0.717, 1.165) is 29.8 Å². The molecule has 0 aliphatic heterocycles. The number of hydrogen-bond donors (Lipinski definition) is 3. The van der Waals surface area contributed by atoms with Gasteiger partial charge in [-0.3, -0.25) is 9.59 Å². The van der Waals surface area contributed by atoms with Crippen LogP contribution in [-0.2, 0) is 4.79 Å². The number of carbonyl (C=O) groups is 2. The first-order valence-corrected chi connectivity index (χ1v) is 13.5. The van der Waals surface area contributed by atoms with Crippen LogP contribution in [0.1, 0.15) is 99.9 Å². The van der Waals surface area contributed by atoms with Crippen molar-refractivity contribution in [1.82, 2.24) is 5.32 Å². The van der Waals surface area contributed by atoms with Gasteiger partial charge in [0.15, 0.2) is 5.11 Å². The van der Waals surface area contributed by atoms with Crippen LogP contribution in [0.25, 0.3) is 0 Å². The number of hydrogen-bond acceptors (Lipinski definition) is 3. The van der Waals surface area contributed by atoms with Crippen molar-refractivity contribution >= 4 is 40.5 Å². The Bertz CT molecular complexity index is 931. The van der Waals surface area contributed by atoms with Crippen LogP contribution >= 0.6 is 12.2 Å². The molecule has 0 bridgehead atoms. The van der Waals surface area contributed by atoms with Crippen molar-refractivity contribution in [3.8, 4) is 0 Å². The summed E-state index contributed by atoms with van der Waals surface area (Å²) in [5, 5.41) is 9.03. The molecule has 0 spiro atoms. The van der Waals surface area contributed by atoms with Gasteiger partial charge in [0.05, 0.1) is 0 Å². The highest BCUT2D eigenvalue weighted by molar-refractivity contribution is 7.80. The Morgan fingerprint density at radius 1 is 0.771 bits per heavy atom. The molecule has 2 aromatic carbocycles. The van der Waals surface area contributed by atoms with Gasteiger partial charge in [-0.15, -0.1) is 0 Å². The monoisotopic (exact) mass is 495 g/mol. The van der Waals surface area contributed by atoms with Crippen molar-refractivity contribution in [3.05, 3.63) is 59.7 Å². The van der Waals surface area contributed by atoms with E-state index in [-0.39, 0.29) is 11.8 Å². The van der Waals surface area contributed by atoms with Crippen LogP contribution in [0.4, 0.5) is 11.4 Å². The average Bonchev–Trinajstić information content (AvgIpc) is 2.84. The second-order valence-corrected chi connectivity index (χ2v) is 9.55. The van der Waals surface area contributed by atoms with Crippen molar-refractivity contribution in [3.63, 3.8) is 0 Å². The Labute approximate surface area is 216 Å². The summed E-state index contributed by atoms with van der Waals surface area (Å²) in [4.78, 5) is 24.6. The molecule has 35 heavy (non-hydrogen) atoms. The maximum Gasteiger partial charge on any atom is 0.255 e. The number of carbonyl (C=O) groups excluding carboxylic acids is 2. The minimum Gasteiger partial charge on any atom is -0.332 e. The van der Waals surface area contributed by atoms with Gasteiger partial charge < -0.3 is 16.0 Å². The van der Waals surface area contributed by atoms with Gasteiger partial charge in [0, 0.05) is 23.4 Å². The van der Waals surface area contributed by atoms with Crippen molar-refractivity contribution in [2.75, 3.05) is 10.6 Å². The molecule has 3 N–H and O–H groups in total. The maximum absolute atomic E-state index is 12.4. The first-order chi connectivity index (χ1) is 17.0. The lowest BCUT2D eigenvalue weighted by atomic mass is 10.1. The van der Waals surface area contributed by atoms with E-state index in [1.807, 2.05) is 43.3 Å². The average molecular weight is 496 g/mol. The Balaban J connectivity index is 1.61. The summed E-state index contributed by atoms with van der Waals surface area (Å²) in [6.07, 6.45) is 14.3. The smallest absolute Gasteiger partial charge is 0.255 e. The highest BCUT2D eigenvalue weighted by Crippen LogP contribution is 2.20. The van der Waals surface area contributed by atoms with E-state index in [0.29, 0.717) is 17.1 Å². The molecule has 0 fully saturated rings. The number of benzene rings is 2. The fourth-order valence-corrected chi connectivity index (χ4v) is 4.20. The number of nitrogens with one attached hydrogen (secondary N) is 3. The van der Waals surface area contributed by atoms with E-state index in [1.165, 1.54) is 57.8 Å². The summed E-state index contributed by atoms with van der Waals surface area (Å²) in [5.41, 5.74) is 3.00. The van der Waals surface area contributed by atoms with Crippen LogP contribution < -0.4 is 16.0 Å². The third kappa shape index (κ3) is 12.0. The third-order valence-electron chi connectivity index (χ3n) is 6.03. The van der Waals surface area contributed by atoms with Crippen molar-refractivity contribution in [1.29, 1.82) is 0 Å². The van der Waals surface area contributed by atoms with Crippen LogP contribution in [0, 0.1) is 6.92 Å². The van der Waals surface area contributed by atoms with Gasteiger partial charge in [-0.1, -0.05) is 89.3 Å². The predicted octanol–water partition coefficient (Wildman–Crippen LogP) is 7.76. The Kier molecular flexibility index (Phi) is 13.7. The lowest BCUT2D eigenvalue weighted by Crippen LogP contribution is -2.33. The molecule has 0 heterocycles. The summed E-state index contributed by atoms with van der Waals surface area (Å²) in [5.74, 6) is -0.207. The van der Waals surface area contributed by atoms with E-state index in [4.69, 9.17) is 12.2 Å². The van der Waals surface area contributed by atoms with E-state index in [9.17, 15) is 9.59 Å². The van der Waals surface area contributed by atoms with Gasteiger partial charge in [-0.25, -0.2) is 0 Å². The summed E-state index contributed by atoms with van der Waals surface area (Å²) in [6, 6.07) is 14.6. The zero-order valence-electron chi connectivity index (χ0n) is 21.3. The minimum absolute atomic E-state index is 0.0538. The van der Waals surface area contributed by atoms with Crippen molar-refractivity contribution in [2.24, 2.45) is 0 Å². The molecular formula is C29H41N3O2S. The van der Waals surface area contributed by atoms with Gasteiger partial charge in [-0.2, -0.15) is 0 Å². The van der Waals surface area contributed by atoms with Crippen molar-refractivity contribution in [2.45, 2.75) is 90.9 Å². The topological polar surface area (TPSA) is 70.2 Å². The largest absolute Gasteiger partial charge is 0.332 e. The minimum atomic E-state index is -0.153. The Morgan fingerprint density at radius 2 is 1.37 bits per heavy atom. The number of anilines is 2. The second kappa shape index (κ2) is 16.8. The standard InChI is InChI=1S/C29H41N3O2S/c1-3-4-5-6-7-8-9-10-11-12-16-19-27(33)32-29(35)30-25-20-21-26(23(2)22-25)31-28(34)24-17-14-13-15-18-24/h13-15,17-18,20-22H,3-12,16,19H2,1-2H3,(H,31,34)(H2,30,32,33,35). The molecule has 0 aliphatic carbocycles. The molecule has 0 atom stereocenters. The molecule has 2 amide bonds. The van der Waals surface area contributed by atoms with Gasteiger partial charge in [-0.05, 0) is 61.5 Å². The van der Waals surface area contributed by atoms with E-state index < -0.39 is 0 Å². The maximum atomic E-state index is 12.4. The quantitative estimate of drug-likeness (QED) is 0.174. The molecule has 190 valence electrons. The normalized spacial score (nSPS) is 10.6. The number of amides is 2. The molecule has 2 aromatic rings. The molecule has 0 aromatic heterocycles. The summed E-state index contributed by atoms with van der Waals surface area (Å²) in [7, 11) is 0. The van der Waals surface area contributed by atoms with Crippen LogP contribution in [0.5, 0.6) is 0 Å². The first-order valence-electron chi connectivity index (χ1n) is 13.1. The highest BCUT2D eigenvalue weighted by atomic mass is 32.1. The summed E-state index contributed by atoms with van der Waals surface area (Å²) in [6.45, 7) is 4.17. The van der Waals surface area contributed by atoms with Gasteiger partial charge in [0.25, 0.3) is 5.91 Å². The molecule has 0 saturated heterocycles. The highest BCUT2D eigenvalue weighted by Gasteiger charge is 2.09. The number of aryl methyl sites for hydroxylation is 1. The zero-order valence-corrected chi connectivity index (χ0v) is 22.1. The molecular weight excluding hydrogens is 454 g/mol. The number of thiocarbonyl (C=S) groups is 1. The molecule has 5 nitrogen and oxygen atoms in total. The van der Waals surface area contributed by atoms with E-state index in [2.05, 4.69) is 22.9 Å². The number of unbranched alkanes of at least 4 members (excludes halogenated alkanes) is 10. The zero-order chi connectivity index (χ0) is 25.3. The van der Waals surface area contributed by atoms with Gasteiger partial charge in [0.2, 0.25) is 5.91 Å². The second-order valence-electron chi connectivity index (χ2n) is 9.14. The van der Waals surface area contributed by atoms with Gasteiger partial charge >= 0.3 is 0 Å². The van der Waals surface area contributed by atoms with Gasteiger partial charge in [0.1, 0.15) is 0 Å². The number of rotatable bonds is 15. The van der Waals surface area contributed by atoms with Crippen LogP contribution in [0.3, 0.4) is 0 Å². The first kappa shape index (κ1) is 28.5. The Hall–Kier alpha value is -2.73. The molecule has 0 saturated carbocycles. The van der Waals surface area contributed by atoms with E-state index in [1.54, 1.807) is 12.1 Å². The molecule has 0 radical (unpaired) electrons. The van der Waals surface area contributed by atoms with Crippen LogP contribution in [0.15, 0.2) is 48.5 Å². The predicted molar refractivity (Wildman–Crippen MR) is 151 cm³/mol. The lowest BCUT2D eigenvalue weighted by molar-refractivity contribution is -0.119. The SMILES string of the molecule is CCCCCCCCCCCCCC(=O)NC(=S)Nc1ccc(NC(=O)c2ccccc2)c(C)c1. The molecule has 6 heteroatoms. The van der Waals surface area contributed by atoms with Crippen molar-refractivity contribution < 1.29 is 9.59 Å². The molecule has 0 unspecified atom stereocenters. The third-order valence-corrected chi connectivity index (χ3v) is 6.23. The Morgan fingerprint density at radius 3 is 1.97 bits per heavy atom.